The molecule has 0 unspecified atom stereocenters. The lowest BCUT2D eigenvalue weighted by molar-refractivity contribution is 0.317. The lowest BCUT2D eigenvalue weighted by atomic mass is 9.97. The summed E-state index contributed by atoms with van der Waals surface area (Å²) in [5, 5.41) is 15.8. The van der Waals surface area contributed by atoms with E-state index in [9.17, 15) is 0 Å². The second kappa shape index (κ2) is 6.66. The summed E-state index contributed by atoms with van der Waals surface area (Å²) in [6.07, 6.45) is 1.90. The molecule has 3 aromatic rings. The molecule has 0 aliphatic heterocycles. The smallest absolute Gasteiger partial charge is 0.232 e. The van der Waals surface area contributed by atoms with E-state index in [0.29, 0.717) is 24.8 Å². The number of hydrogen-bond acceptors (Lipinski definition) is 6. The highest BCUT2D eigenvalue weighted by molar-refractivity contribution is 5.56. The molecule has 0 atom stereocenters. The predicted molar refractivity (Wildman–Crippen MR) is 95.4 cm³/mol. The minimum Gasteiger partial charge on any atom is -0.379 e. The molecule has 2 aromatic heterocycles. The number of rotatable bonds is 5. The molecule has 132 valence electrons. The quantitative estimate of drug-likeness (QED) is 0.768. The Morgan fingerprint density at radius 3 is 2.52 bits per heavy atom. The van der Waals surface area contributed by atoms with E-state index in [4.69, 9.17) is 4.52 Å². The van der Waals surface area contributed by atoms with Crippen LogP contribution < -0.4 is 5.32 Å². The van der Waals surface area contributed by atoms with E-state index in [1.807, 2.05) is 27.0 Å². The highest BCUT2D eigenvalue weighted by atomic mass is 16.5. The van der Waals surface area contributed by atoms with Gasteiger partial charge in [-0.05, 0) is 25.0 Å². The fourth-order valence-corrected chi connectivity index (χ4v) is 2.54. The van der Waals surface area contributed by atoms with E-state index in [1.165, 1.54) is 11.1 Å². The minimum absolute atomic E-state index is 0.159. The van der Waals surface area contributed by atoms with Crippen molar-refractivity contribution in [3.05, 3.63) is 52.9 Å². The highest BCUT2D eigenvalue weighted by Crippen LogP contribution is 2.21. The van der Waals surface area contributed by atoms with Crippen LogP contribution in [0.15, 0.2) is 28.9 Å². The Morgan fingerprint density at radius 1 is 1.16 bits per heavy atom. The van der Waals surface area contributed by atoms with E-state index in [1.54, 1.807) is 4.68 Å². The number of nitrogens with one attached hydrogen (secondary N) is 1. The lowest BCUT2D eigenvalue weighted by Crippen LogP contribution is -2.12. The molecule has 0 aliphatic carbocycles. The van der Waals surface area contributed by atoms with Gasteiger partial charge in [-0.2, -0.15) is 4.98 Å². The van der Waals surface area contributed by atoms with Gasteiger partial charge in [-0.15, -0.1) is 5.10 Å². The third-order valence-corrected chi connectivity index (χ3v) is 3.93. The third-order valence-electron chi connectivity index (χ3n) is 3.93. The molecule has 1 N–H and O–H groups in total. The van der Waals surface area contributed by atoms with Crippen LogP contribution in [-0.4, -0.2) is 25.1 Å². The Kier molecular flexibility index (Phi) is 4.57. The molecule has 7 nitrogen and oxygen atoms in total. The van der Waals surface area contributed by atoms with Crippen molar-refractivity contribution in [3.63, 3.8) is 0 Å². The van der Waals surface area contributed by atoms with Gasteiger partial charge in [0.2, 0.25) is 5.89 Å². The second-order valence-corrected chi connectivity index (χ2v) is 7.29. The van der Waals surface area contributed by atoms with Crippen molar-refractivity contribution in [1.82, 2.24) is 25.1 Å². The average Bonchev–Trinajstić information content (AvgIpc) is 3.16. The fourth-order valence-electron chi connectivity index (χ4n) is 2.54. The van der Waals surface area contributed by atoms with Crippen molar-refractivity contribution in [2.45, 2.75) is 53.1 Å². The number of nitrogens with zero attached hydrogens (tertiary/aromatic N) is 5. The standard InChI is InChI=1S/C18H24N6O/c1-12-7-6-8-13(2)16(12)19-9-14-10-24(23-21-14)11-15-20-17(25-22-15)18(3,4)5/h6-8,10,19H,9,11H2,1-5H3. The molecular formula is C18H24N6O. The van der Waals surface area contributed by atoms with Crippen LogP contribution >= 0.6 is 0 Å². The molecule has 0 saturated heterocycles. The van der Waals surface area contributed by atoms with Gasteiger partial charge >= 0.3 is 0 Å². The molecule has 2 heterocycles. The van der Waals surface area contributed by atoms with Crippen molar-refractivity contribution >= 4 is 5.69 Å². The van der Waals surface area contributed by atoms with Gasteiger partial charge in [0, 0.05) is 11.1 Å². The number of hydrogen-bond donors (Lipinski definition) is 1. The average molecular weight is 340 g/mol. The van der Waals surface area contributed by atoms with Crippen LogP contribution in [0.3, 0.4) is 0 Å². The second-order valence-electron chi connectivity index (χ2n) is 7.29. The van der Waals surface area contributed by atoms with Crippen LogP contribution in [0.1, 0.15) is 49.3 Å². The molecule has 0 saturated carbocycles. The fraction of sp³-hybridized carbons (Fsp3) is 0.444. The number of aromatic nitrogens is 5. The maximum atomic E-state index is 5.30. The zero-order valence-corrected chi connectivity index (χ0v) is 15.4. The Bertz CT molecular complexity index is 838. The first-order chi connectivity index (χ1) is 11.8. The summed E-state index contributed by atoms with van der Waals surface area (Å²) in [5.74, 6) is 1.23. The number of aryl methyl sites for hydroxylation is 2. The van der Waals surface area contributed by atoms with Gasteiger partial charge in [0.1, 0.15) is 12.2 Å². The van der Waals surface area contributed by atoms with Crippen LogP contribution in [0.4, 0.5) is 5.69 Å². The van der Waals surface area contributed by atoms with Gasteiger partial charge in [-0.25, -0.2) is 4.68 Å². The SMILES string of the molecule is Cc1cccc(C)c1NCc1cn(Cc2noc(C(C)(C)C)n2)nn1. The lowest BCUT2D eigenvalue weighted by Gasteiger charge is -2.10. The summed E-state index contributed by atoms with van der Waals surface area (Å²) in [5.41, 5.74) is 4.28. The first-order valence-corrected chi connectivity index (χ1v) is 8.35. The van der Waals surface area contributed by atoms with Crippen LogP contribution in [0.2, 0.25) is 0 Å². The molecule has 1 aromatic carbocycles. The predicted octanol–water partition coefficient (Wildman–Crippen LogP) is 3.24. The van der Waals surface area contributed by atoms with E-state index in [2.05, 4.69) is 57.8 Å². The van der Waals surface area contributed by atoms with E-state index in [-0.39, 0.29) is 5.41 Å². The third kappa shape index (κ3) is 4.04. The summed E-state index contributed by atoms with van der Waals surface area (Å²) >= 11 is 0. The van der Waals surface area contributed by atoms with Gasteiger partial charge in [0.15, 0.2) is 5.82 Å². The molecule has 0 radical (unpaired) electrons. The monoisotopic (exact) mass is 340 g/mol. The normalized spacial score (nSPS) is 11.7. The van der Waals surface area contributed by atoms with Gasteiger partial charge in [-0.3, -0.25) is 0 Å². The minimum atomic E-state index is -0.159. The van der Waals surface area contributed by atoms with E-state index >= 15 is 0 Å². The zero-order valence-electron chi connectivity index (χ0n) is 15.4. The highest BCUT2D eigenvalue weighted by Gasteiger charge is 2.21. The van der Waals surface area contributed by atoms with E-state index < -0.39 is 0 Å². The van der Waals surface area contributed by atoms with Crippen LogP contribution in [0, 0.1) is 13.8 Å². The molecule has 0 aliphatic rings. The van der Waals surface area contributed by atoms with Crippen LogP contribution in [0.5, 0.6) is 0 Å². The first-order valence-electron chi connectivity index (χ1n) is 8.35. The summed E-state index contributed by atoms with van der Waals surface area (Å²) in [7, 11) is 0. The summed E-state index contributed by atoms with van der Waals surface area (Å²) in [6, 6.07) is 6.24. The Labute approximate surface area is 147 Å². The molecule has 0 spiro atoms. The molecule has 7 heteroatoms. The topological polar surface area (TPSA) is 81.7 Å². The first kappa shape index (κ1) is 17.1. The van der Waals surface area contributed by atoms with Crippen molar-refractivity contribution in [2.75, 3.05) is 5.32 Å². The maximum Gasteiger partial charge on any atom is 0.232 e. The van der Waals surface area contributed by atoms with E-state index in [0.717, 1.165) is 11.4 Å². The van der Waals surface area contributed by atoms with Gasteiger partial charge in [0.25, 0.3) is 0 Å². The van der Waals surface area contributed by atoms with Crippen molar-refractivity contribution < 1.29 is 4.52 Å². The van der Waals surface area contributed by atoms with Crippen molar-refractivity contribution in [3.8, 4) is 0 Å². The number of para-hydroxylation sites is 1. The van der Waals surface area contributed by atoms with Gasteiger partial charge < -0.3 is 9.84 Å². The molecule has 3 rings (SSSR count). The zero-order chi connectivity index (χ0) is 18.0. The van der Waals surface area contributed by atoms with Gasteiger partial charge in [0.05, 0.1) is 12.7 Å². The summed E-state index contributed by atoms with van der Waals surface area (Å²) < 4.78 is 7.03. The number of benzene rings is 1. The van der Waals surface area contributed by atoms with Gasteiger partial charge in [-0.1, -0.05) is 49.3 Å². The molecule has 0 amide bonds. The maximum absolute atomic E-state index is 5.30. The molecule has 25 heavy (non-hydrogen) atoms. The summed E-state index contributed by atoms with van der Waals surface area (Å²) in [6.45, 7) is 11.4. The summed E-state index contributed by atoms with van der Waals surface area (Å²) in [4.78, 5) is 4.42. The van der Waals surface area contributed by atoms with Crippen molar-refractivity contribution in [2.24, 2.45) is 0 Å². The number of anilines is 1. The molecular weight excluding hydrogens is 316 g/mol. The molecule has 0 fully saturated rings. The Balaban J connectivity index is 1.64. The van der Waals surface area contributed by atoms with Crippen LogP contribution in [-0.2, 0) is 18.5 Å². The largest absolute Gasteiger partial charge is 0.379 e. The molecule has 0 bridgehead atoms. The Hall–Kier alpha value is -2.70. The van der Waals surface area contributed by atoms with Crippen molar-refractivity contribution in [1.29, 1.82) is 0 Å². The Morgan fingerprint density at radius 2 is 1.88 bits per heavy atom. The van der Waals surface area contributed by atoms with Crippen LogP contribution in [0.25, 0.3) is 0 Å².